The van der Waals surface area contributed by atoms with Gasteiger partial charge in [0.15, 0.2) is 0 Å². The van der Waals surface area contributed by atoms with Crippen molar-refractivity contribution in [2.24, 2.45) is 5.73 Å². The lowest BCUT2D eigenvalue weighted by atomic mass is 10.2. The van der Waals surface area contributed by atoms with E-state index >= 15 is 0 Å². The number of nitrogens with one attached hydrogen (secondary N) is 1. The summed E-state index contributed by atoms with van der Waals surface area (Å²) in [6, 6.07) is 3.29. The summed E-state index contributed by atoms with van der Waals surface area (Å²) in [4.78, 5) is 26.1. The third-order valence-corrected chi connectivity index (χ3v) is 2.56. The van der Waals surface area contributed by atoms with Gasteiger partial charge in [0.1, 0.15) is 4.60 Å². The highest BCUT2D eigenvalue weighted by Crippen LogP contribution is 2.07. The number of halogens is 1. The molecule has 0 aliphatic rings. The number of carbonyl (C=O) groups excluding carboxylic acids is 2. The van der Waals surface area contributed by atoms with Crippen molar-refractivity contribution >= 4 is 27.7 Å². The van der Waals surface area contributed by atoms with E-state index in [-0.39, 0.29) is 11.8 Å². The van der Waals surface area contributed by atoms with Crippen LogP contribution in [0.5, 0.6) is 0 Å². The molecular formula is C11H14BrN3O2. The van der Waals surface area contributed by atoms with Crippen LogP contribution in [0, 0.1) is 0 Å². The standard InChI is InChI=1S/C11H14BrN3O2/c12-9-7-8(4-6-14-9)11(17)15-5-2-1-3-10(13)16/h4,6-7H,1-3,5H2,(H2,13,16)(H,15,17). The van der Waals surface area contributed by atoms with E-state index in [1.165, 1.54) is 0 Å². The van der Waals surface area contributed by atoms with E-state index in [0.717, 1.165) is 6.42 Å². The molecule has 0 fully saturated rings. The molecule has 0 aliphatic carbocycles. The van der Waals surface area contributed by atoms with E-state index in [1.54, 1.807) is 18.3 Å². The van der Waals surface area contributed by atoms with Crippen molar-refractivity contribution < 1.29 is 9.59 Å². The summed E-state index contributed by atoms with van der Waals surface area (Å²) in [5.41, 5.74) is 5.56. The molecule has 0 saturated heterocycles. The van der Waals surface area contributed by atoms with Crippen LogP contribution in [0.25, 0.3) is 0 Å². The number of unbranched alkanes of at least 4 members (excludes halogenated alkanes) is 1. The predicted octanol–water partition coefficient (Wildman–Crippen LogP) is 1.23. The van der Waals surface area contributed by atoms with Crippen LogP contribution in [-0.4, -0.2) is 23.3 Å². The van der Waals surface area contributed by atoms with E-state index in [2.05, 4.69) is 26.2 Å². The Morgan fingerprint density at radius 3 is 2.82 bits per heavy atom. The molecule has 6 heteroatoms. The molecule has 1 aromatic rings. The topological polar surface area (TPSA) is 85.1 Å². The number of carbonyl (C=O) groups is 2. The number of rotatable bonds is 6. The number of amides is 2. The zero-order valence-electron chi connectivity index (χ0n) is 9.28. The molecule has 1 aromatic heterocycles. The fraction of sp³-hybridized carbons (Fsp3) is 0.364. The first kappa shape index (κ1) is 13.6. The molecule has 0 spiro atoms. The quantitative estimate of drug-likeness (QED) is 0.612. The van der Waals surface area contributed by atoms with E-state index in [4.69, 9.17) is 5.73 Å². The minimum Gasteiger partial charge on any atom is -0.370 e. The second kappa shape index (κ2) is 7.01. The smallest absolute Gasteiger partial charge is 0.251 e. The molecule has 1 heterocycles. The number of nitrogens with zero attached hydrogens (tertiary/aromatic N) is 1. The van der Waals surface area contributed by atoms with Crippen LogP contribution in [-0.2, 0) is 4.79 Å². The SMILES string of the molecule is NC(=O)CCCCNC(=O)c1ccnc(Br)c1. The molecule has 0 unspecified atom stereocenters. The summed E-state index contributed by atoms with van der Waals surface area (Å²) < 4.78 is 0.624. The lowest BCUT2D eigenvalue weighted by Gasteiger charge is -2.04. The van der Waals surface area contributed by atoms with Gasteiger partial charge in [-0.15, -0.1) is 0 Å². The Morgan fingerprint density at radius 2 is 2.18 bits per heavy atom. The Hall–Kier alpha value is -1.43. The summed E-state index contributed by atoms with van der Waals surface area (Å²) in [6.07, 6.45) is 3.35. The molecule has 2 amide bonds. The van der Waals surface area contributed by atoms with Crippen molar-refractivity contribution in [2.45, 2.75) is 19.3 Å². The van der Waals surface area contributed by atoms with Gasteiger partial charge in [-0.2, -0.15) is 0 Å². The van der Waals surface area contributed by atoms with Crippen LogP contribution >= 0.6 is 15.9 Å². The van der Waals surface area contributed by atoms with Crippen molar-refractivity contribution in [3.8, 4) is 0 Å². The molecule has 0 bridgehead atoms. The van der Waals surface area contributed by atoms with Gasteiger partial charge in [-0.05, 0) is 40.9 Å². The molecule has 0 saturated carbocycles. The third kappa shape index (κ3) is 5.44. The van der Waals surface area contributed by atoms with E-state index in [1.807, 2.05) is 0 Å². The Bertz CT molecular complexity index is 409. The third-order valence-electron chi connectivity index (χ3n) is 2.12. The number of hydrogen-bond donors (Lipinski definition) is 2. The zero-order valence-corrected chi connectivity index (χ0v) is 10.9. The zero-order chi connectivity index (χ0) is 12.7. The number of pyridine rings is 1. The van der Waals surface area contributed by atoms with Crippen LogP contribution in [0.3, 0.4) is 0 Å². The van der Waals surface area contributed by atoms with Crippen LogP contribution in [0.4, 0.5) is 0 Å². The Kier molecular flexibility index (Phi) is 5.62. The van der Waals surface area contributed by atoms with Crippen molar-refractivity contribution in [1.29, 1.82) is 0 Å². The van der Waals surface area contributed by atoms with Gasteiger partial charge in [-0.1, -0.05) is 0 Å². The largest absolute Gasteiger partial charge is 0.370 e. The van der Waals surface area contributed by atoms with E-state index < -0.39 is 0 Å². The second-order valence-corrected chi connectivity index (χ2v) is 4.36. The number of aromatic nitrogens is 1. The molecular weight excluding hydrogens is 286 g/mol. The fourth-order valence-electron chi connectivity index (χ4n) is 1.27. The second-order valence-electron chi connectivity index (χ2n) is 3.55. The average molecular weight is 300 g/mol. The first-order chi connectivity index (χ1) is 8.09. The van der Waals surface area contributed by atoms with Gasteiger partial charge in [-0.25, -0.2) is 4.98 Å². The number of nitrogens with two attached hydrogens (primary N) is 1. The Labute approximate surface area is 108 Å². The Balaban J connectivity index is 2.28. The summed E-state index contributed by atoms with van der Waals surface area (Å²) in [7, 11) is 0. The maximum absolute atomic E-state index is 11.6. The molecule has 0 aliphatic heterocycles. The molecule has 17 heavy (non-hydrogen) atoms. The monoisotopic (exact) mass is 299 g/mol. The van der Waals surface area contributed by atoms with E-state index in [9.17, 15) is 9.59 Å². The Morgan fingerprint density at radius 1 is 1.41 bits per heavy atom. The van der Waals surface area contributed by atoms with Gasteiger partial charge in [0.2, 0.25) is 5.91 Å². The van der Waals surface area contributed by atoms with Gasteiger partial charge < -0.3 is 11.1 Å². The van der Waals surface area contributed by atoms with Gasteiger partial charge in [0.05, 0.1) is 0 Å². The van der Waals surface area contributed by atoms with Gasteiger partial charge >= 0.3 is 0 Å². The molecule has 0 atom stereocenters. The van der Waals surface area contributed by atoms with Crippen LogP contribution in [0.2, 0.25) is 0 Å². The van der Waals surface area contributed by atoms with Gasteiger partial charge in [0, 0.05) is 24.7 Å². The highest BCUT2D eigenvalue weighted by molar-refractivity contribution is 9.10. The maximum Gasteiger partial charge on any atom is 0.251 e. The number of hydrogen-bond acceptors (Lipinski definition) is 3. The van der Waals surface area contributed by atoms with Gasteiger partial charge in [-0.3, -0.25) is 9.59 Å². The molecule has 3 N–H and O–H groups in total. The molecule has 0 aromatic carbocycles. The first-order valence-corrected chi connectivity index (χ1v) is 6.07. The summed E-state index contributed by atoms with van der Waals surface area (Å²) in [5.74, 6) is -0.457. The molecule has 0 radical (unpaired) electrons. The van der Waals surface area contributed by atoms with Crippen LogP contribution in [0.1, 0.15) is 29.6 Å². The van der Waals surface area contributed by atoms with Gasteiger partial charge in [0.25, 0.3) is 5.91 Å². The van der Waals surface area contributed by atoms with Crippen LogP contribution in [0.15, 0.2) is 22.9 Å². The number of primary amides is 1. The normalized spacial score (nSPS) is 9.94. The molecule has 5 nitrogen and oxygen atoms in total. The summed E-state index contributed by atoms with van der Waals surface area (Å²) in [6.45, 7) is 0.534. The minimum absolute atomic E-state index is 0.146. The first-order valence-electron chi connectivity index (χ1n) is 5.27. The summed E-state index contributed by atoms with van der Waals surface area (Å²) >= 11 is 3.20. The van der Waals surface area contributed by atoms with Crippen molar-refractivity contribution in [3.05, 3.63) is 28.5 Å². The molecule has 1 rings (SSSR count). The average Bonchev–Trinajstić information content (AvgIpc) is 2.28. The lowest BCUT2D eigenvalue weighted by Crippen LogP contribution is -2.24. The molecule has 92 valence electrons. The van der Waals surface area contributed by atoms with Crippen molar-refractivity contribution in [1.82, 2.24) is 10.3 Å². The van der Waals surface area contributed by atoms with E-state index in [0.29, 0.717) is 29.6 Å². The minimum atomic E-state index is -0.311. The predicted molar refractivity (Wildman–Crippen MR) is 67.3 cm³/mol. The van der Waals surface area contributed by atoms with Crippen LogP contribution < -0.4 is 11.1 Å². The lowest BCUT2D eigenvalue weighted by molar-refractivity contribution is -0.118. The highest BCUT2D eigenvalue weighted by atomic mass is 79.9. The maximum atomic E-state index is 11.6. The highest BCUT2D eigenvalue weighted by Gasteiger charge is 2.05. The fourth-order valence-corrected chi connectivity index (χ4v) is 1.64. The summed E-state index contributed by atoms with van der Waals surface area (Å²) in [5, 5.41) is 2.76. The van der Waals surface area contributed by atoms with Crippen molar-refractivity contribution in [2.75, 3.05) is 6.54 Å². The van der Waals surface area contributed by atoms with Crippen molar-refractivity contribution in [3.63, 3.8) is 0 Å².